The molecule has 0 N–H and O–H groups in total. The van der Waals surface area contributed by atoms with Crippen LogP contribution in [0.4, 0.5) is 0 Å². The first-order chi connectivity index (χ1) is 10.6. The SMILES string of the molecule is CCCCC(=O)O[C@@H](CCCC)[C@@H](OC)c1ccccc1I. The van der Waals surface area contributed by atoms with Crippen LogP contribution in [0, 0.1) is 3.57 Å². The van der Waals surface area contributed by atoms with E-state index in [1.807, 2.05) is 12.1 Å². The topological polar surface area (TPSA) is 35.5 Å². The Hall–Kier alpha value is -0.620. The maximum absolute atomic E-state index is 12.0. The normalized spacial score (nSPS) is 13.6. The minimum Gasteiger partial charge on any atom is -0.459 e. The monoisotopic (exact) mass is 418 g/mol. The highest BCUT2D eigenvalue weighted by Gasteiger charge is 2.27. The van der Waals surface area contributed by atoms with Gasteiger partial charge in [0.05, 0.1) is 0 Å². The largest absolute Gasteiger partial charge is 0.459 e. The van der Waals surface area contributed by atoms with Crippen LogP contribution in [0.15, 0.2) is 24.3 Å². The number of carbonyl (C=O) groups excluding carboxylic acids is 1. The van der Waals surface area contributed by atoms with Gasteiger partial charge in [0, 0.05) is 17.1 Å². The summed E-state index contributed by atoms with van der Waals surface area (Å²) in [5.74, 6) is -0.115. The van der Waals surface area contributed by atoms with Crippen LogP contribution in [0.3, 0.4) is 0 Å². The molecule has 2 atom stereocenters. The molecule has 0 aromatic heterocycles. The summed E-state index contributed by atoms with van der Waals surface area (Å²) in [6.45, 7) is 4.22. The number of methoxy groups -OCH3 is 1. The number of halogens is 1. The van der Waals surface area contributed by atoms with Crippen LogP contribution in [-0.4, -0.2) is 19.2 Å². The number of hydrogen-bond donors (Lipinski definition) is 0. The third-order valence-electron chi connectivity index (χ3n) is 3.66. The molecule has 0 aliphatic carbocycles. The van der Waals surface area contributed by atoms with Crippen molar-refractivity contribution in [1.82, 2.24) is 0 Å². The molecule has 0 aliphatic heterocycles. The Morgan fingerprint density at radius 2 is 1.86 bits per heavy atom. The minimum atomic E-state index is -0.217. The van der Waals surface area contributed by atoms with Gasteiger partial charge in [-0.1, -0.05) is 44.9 Å². The van der Waals surface area contributed by atoms with Crippen LogP contribution in [0.1, 0.15) is 64.0 Å². The molecular weight excluding hydrogens is 391 g/mol. The second-order valence-electron chi connectivity index (χ2n) is 5.45. The quantitative estimate of drug-likeness (QED) is 0.384. The summed E-state index contributed by atoms with van der Waals surface area (Å²) >= 11 is 2.31. The first-order valence-electron chi connectivity index (χ1n) is 8.10. The second-order valence-corrected chi connectivity index (χ2v) is 6.61. The van der Waals surface area contributed by atoms with Gasteiger partial charge in [0.25, 0.3) is 0 Å². The molecule has 0 aliphatic rings. The van der Waals surface area contributed by atoms with Crippen molar-refractivity contribution < 1.29 is 14.3 Å². The van der Waals surface area contributed by atoms with Crippen molar-refractivity contribution in [3.05, 3.63) is 33.4 Å². The Morgan fingerprint density at radius 1 is 1.18 bits per heavy atom. The molecule has 124 valence electrons. The van der Waals surface area contributed by atoms with E-state index in [1.54, 1.807) is 7.11 Å². The van der Waals surface area contributed by atoms with Gasteiger partial charge in [0.2, 0.25) is 0 Å². The number of ether oxygens (including phenoxy) is 2. The van der Waals surface area contributed by atoms with E-state index in [4.69, 9.17) is 9.47 Å². The molecule has 0 saturated carbocycles. The van der Waals surface area contributed by atoms with Crippen LogP contribution in [0.2, 0.25) is 0 Å². The lowest BCUT2D eigenvalue weighted by Crippen LogP contribution is -2.27. The Labute approximate surface area is 147 Å². The zero-order chi connectivity index (χ0) is 16.4. The van der Waals surface area contributed by atoms with Crippen LogP contribution >= 0.6 is 22.6 Å². The third kappa shape index (κ3) is 6.24. The third-order valence-corrected chi connectivity index (χ3v) is 4.65. The Balaban J connectivity index is 2.87. The molecule has 4 heteroatoms. The van der Waals surface area contributed by atoms with Crippen molar-refractivity contribution in [3.8, 4) is 0 Å². The summed E-state index contributed by atoms with van der Waals surface area (Å²) in [6.07, 6.45) is 4.87. The molecule has 1 aromatic rings. The molecule has 1 aromatic carbocycles. The summed E-state index contributed by atoms with van der Waals surface area (Å²) in [4.78, 5) is 12.0. The minimum absolute atomic E-state index is 0.115. The first kappa shape index (κ1) is 19.4. The van der Waals surface area contributed by atoms with Crippen molar-refractivity contribution in [2.45, 2.75) is 64.6 Å². The summed E-state index contributed by atoms with van der Waals surface area (Å²) in [7, 11) is 1.69. The lowest BCUT2D eigenvalue weighted by Gasteiger charge is -2.27. The second kappa shape index (κ2) is 11.0. The van der Waals surface area contributed by atoms with Gasteiger partial charge in [-0.05, 0) is 53.5 Å². The lowest BCUT2D eigenvalue weighted by atomic mass is 9.99. The fourth-order valence-corrected chi connectivity index (χ4v) is 3.11. The van der Waals surface area contributed by atoms with Crippen LogP contribution in [-0.2, 0) is 14.3 Å². The summed E-state index contributed by atoms with van der Waals surface area (Å²) in [5, 5.41) is 0. The molecule has 0 spiro atoms. The van der Waals surface area contributed by atoms with Gasteiger partial charge >= 0.3 is 5.97 Å². The fraction of sp³-hybridized carbons (Fsp3) is 0.611. The molecule has 0 bridgehead atoms. The average Bonchev–Trinajstić information content (AvgIpc) is 2.52. The molecule has 1 rings (SSSR count). The fourth-order valence-electron chi connectivity index (χ4n) is 2.41. The number of rotatable bonds is 10. The number of unbranched alkanes of at least 4 members (excludes halogenated alkanes) is 2. The van der Waals surface area contributed by atoms with Gasteiger partial charge in [-0.25, -0.2) is 0 Å². The van der Waals surface area contributed by atoms with Crippen LogP contribution in [0.5, 0.6) is 0 Å². The average molecular weight is 418 g/mol. The Bertz CT molecular complexity index is 448. The van der Waals surface area contributed by atoms with Crippen molar-refractivity contribution in [2.24, 2.45) is 0 Å². The van der Waals surface area contributed by atoms with Crippen molar-refractivity contribution in [3.63, 3.8) is 0 Å². The molecule has 0 heterocycles. The maximum atomic E-state index is 12.0. The van der Waals surface area contributed by atoms with Gasteiger partial charge in [0.1, 0.15) is 12.2 Å². The van der Waals surface area contributed by atoms with Gasteiger partial charge in [-0.3, -0.25) is 4.79 Å². The highest BCUT2D eigenvalue weighted by molar-refractivity contribution is 14.1. The summed E-state index contributed by atoms with van der Waals surface area (Å²) in [5.41, 5.74) is 1.09. The summed E-state index contributed by atoms with van der Waals surface area (Å²) < 4.78 is 12.6. The lowest BCUT2D eigenvalue weighted by molar-refractivity contribution is -0.157. The number of carbonyl (C=O) groups is 1. The van der Waals surface area contributed by atoms with Crippen LogP contribution in [0.25, 0.3) is 0 Å². The maximum Gasteiger partial charge on any atom is 0.306 e. The molecule has 0 radical (unpaired) electrons. The zero-order valence-electron chi connectivity index (χ0n) is 13.8. The highest BCUT2D eigenvalue weighted by atomic mass is 127. The van der Waals surface area contributed by atoms with E-state index in [2.05, 4.69) is 48.6 Å². The van der Waals surface area contributed by atoms with Gasteiger partial charge < -0.3 is 9.47 Å². The Kier molecular flexibility index (Phi) is 9.71. The smallest absolute Gasteiger partial charge is 0.306 e. The standard InChI is InChI=1S/C18H27IO3/c1-4-6-12-16(22-17(20)13-7-5-2)18(21-3)14-10-8-9-11-15(14)19/h8-11,16,18H,4-7,12-13H2,1-3H3/t16-,18-/m0/s1. The molecule has 0 amide bonds. The number of hydrogen-bond acceptors (Lipinski definition) is 3. The molecule has 0 unspecified atom stereocenters. The van der Waals surface area contributed by atoms with E-state index in [-0.39, 0.29) is 18.2 Å². The van der Waals surface area contributed by atoms with Gasteiger partial charge in [0.15, 0.2) is 0 Å². The van der Waals surface area contributed by atoms with Crippen molar-refractivity contribution in [1.29, 1.82) is 0 Å². The van der Waals surface area contributed by atoms with E-state index >= 15 is 0 Å². The molecule has 22 heavy (non-hydrogen) atoms. The van der Waals surface area contributed by atoms with E-state index in [9.17, 15) is 4.79 Å². The highest BCUT2D eigenvalue weighted by Crippen LogP contribution is 2.30. The van der Waals surface area contributed by atoms with Crippen molar-refractivity contribution in [2.75, 3.05) is 7.11 Å². The van der Waals surface area contributed by atoms with Gasteiger partial charge in [-0.15, -0.1) is 0 Å². The van der Waals surface area contributed by atoms with Gasteiger partial charge in [-0.2, -0.15) is 0 Å². The predicted octanol–water partition coefficient (Wildman–Crippen LogP) is 5.27. The van der Waals surface area contributed by atoms with Crippen molar-refractivity contribution >= 4 is 28.6 Å². The van der Waals surface area contributed by atoms with Crippen LogP contribution < -0.4 is 0 Å². The number of esters is 1. The molecule has 0 fully saturated rings. The summed E-state index contributed by atoms with van der Waals surface area (Å²) in [6, 6.07) is 8.11. The molecular formula is C18H27IO3. The van der Waals surface area contributed by atoms with E-state index in [0.717, 1.165) is 41.2 Å². The predicted molar refractivity (Wildman–Crippen MR) is 97.8 cm³/mol. The zero-order valence-corrected chi connectivity index (χ0v) is 16.0. The molecule has 3 nitrogen and oxygen atoms in total. The van der Waals surface area contributed by atoms with E-state index < -0.39 is 0 Å². The van der Waals surface area contributed by atoms with E-state index in [0.29, 0.717) is 6.42 Å². The Morgan fingerprint density at radius 3 is 2.45 bits per heavy atom. The molecule has 0 saturated heterocycles. The van der Waals surface area contributed by atoms with E-state index in [1.165, 1.54) is 0 Å². The first-order valence-corrected chi connectivity index (χ1v) is 9.18. The number of benzene rings is 1.